The molecule has 1 aromatic rings. The first kappa shape index (κ1) is 18.8. The van der Waals surface area contributed by atoms with Gasteiger partial charge in [0.25, 0.3) is 5.91 Å². The van der Waals surface area contributed by atoms with Gasteiger partial charge in [0, 0.05) is 6.54 Å². The first-order valence-electron chi connectivity index (χ1n) is 9.70. The summed E-state index contributed by atoms with van der Waals surface area (Å²) in [4.78, 5) is 12.3. The van der Waals surface area contributed by atoms with E-state index in [-0.39, 0.29) is 5.91 Å². The van der Waals surface area contributed by atoms with Crippen molar-refractivity contribution >= 4 is 5.91 Å². The van der Waals surface area contributed by atoms with E-state index < -0.39 is 6.10 Å². The number of amides is 1. The second kappa shape index (κ2) is 9.71. The highest BCUT2D eigenvalue weighted by atomic mass is 16.5. The Hall–Kier alpha value is -1.51. The van der Waals surface area contributed by atoms with Crippen molar-refractivity contribution in [2.24, 2.45) is 5.92 Å². The van der Waals surface area contributed by atoms with Crippen molar-refractivity contribution in [1.82, 2.24) is 5.32 Å². The van der Waals surface area contributed by atoms with Gasteiger partial charge in [0.15, 0.2) is 6.10 Å². The van der Waals surface area contributed by atoms with Gasteiger partial charge in [0.2, 0.25) is 0 Å². The normalized spacial score (nSPS) is 16.1. The van der Waals surface area contributed by atoms with Crippen LogP contribution >= 0.6 is 0 Å². The Balaban J connectivity index is 1.82. The molecule has 1 aliphatic rings. The van der Waals surface area contributed by atoms with Crippen molar-refractivity contribution in [2.45, 2.75) is 78.2 Å². The molecule has 0 aromatic heterocycles. The molecule has 0 bridgehead atoms. The summed E-state index contributed by atoms with van der Waals surface area (Å²) in [6, 6.07) is 6.28. The summed E-state index contributed by atoms with van der Waals surface area (Å²) >= 11 is 0. The topological polar surface area (TPSA) is 38.3 Å². The molecule has 0 aliphatic heterocycles. The van der Waals surface area contributed by atoms with Crippen molar-refractivity contribution in [3.63, 3.8) is 0 Å². The van der Waals surface area contributed by atoms with Crippen LogP contribution in [0, 0.1) is 5.92 Å². The van der Waals surface area contributed by atoms with Gasteiger partial charge in [-0.15, -0.1) is 0 Å². The van der Waals surface area contributed by atoms with Gasteiger partial charge in [-0.05, 0) is 68.2 Å². The van der Waals surface area contributed by atoms with E-state index in [9.17, 15) is 4.79 Å². The van der Waals surface area contributed by atoms with Gasteiger partial charge in [-0.3, -0.25) is 4.79 Å². The van der Waals surface area contributed by atoms with Gasteiger partial charge in [-0.25, -0.2) is 0 Å². The van der Waals surface area contributed by atoms with Crippen molar-refractivity contribution < 1.29 is 9.53 Å². The number of carbonyl (C=O) groups is 1. The maximum Gasteiger partial charge on any atom is 0.260 e. The smallest absolute Gasteiger partial charge is 0.260 e. The minimum atomic E-state index is -0.449. The number of fused-ring (bicyclic) bond motifs is 1. The van der Waals surface area contributed by atoms with Crippen molar-refractivity contribution in [2.75, 3.05) is 6.54 Å². The Morgan fingerprint density at radius 3 is 2.67 bits per heavy atom. The number of rotatable bonds is 9. The fraction of sp³-hybridized carbons (Fsp3) is 0.667. The second-order valence-electron chi connectivity index (χ2n) is 7.06. The summed E-state index contributed by atoms with van der Waals surface area (Å²) in [6.07, 6.45) is 9.12. The van der Waals surface area contributed by atoms with Crippen LogP contribution in [0.25, 0.3) is 0 Å². The predicted octanol–water partition coefficient (Wildman–Crippen LogP) is 4.67. The summed E-state index contributed by atoms with van der Waals surface area (Å²) in [7, 11) is 0. The quantitative estimate of drug-likeness (QED) is 0.714. The number of unbranched alkanes of at least 4 members (excludes halogenated alkanes) is 1. The first-order valence-corrected chi connectivity index (χ1v) is 9.70. The maximum absolute atomic E-state index is 12.3. The highest BCUT2D eigenvalue weighted by molar-refractivity contribution is 5.80. The molecule has 134 valence electrons. The van der Waals surface area contributed by atoms with Crippen LogP contribution in [0.4, 0.5) is 0 Å². The average Bonchev–Trinajstić information content (AvgIpc) is 2.61. The lowest BCUT2D eigenvalue weighted by Gasteiger charge is -2.20. The van der Waals surface area contributed by atoms with Gasteiger partial charge in [0.1, 0.15) is 5.75 Å². The summed E-state index contributed by atoms with van der Waals surface area (Å²) in [5.74, 6) is 1.38. The molecule has 0 saturated heterocycles. The summed E-state index contributed by atoms with van der Waals surface area (Å²) in [5, 5.41) is 3.06. The van der Waals surface area contributed by atoms with Crippen LogP contribution in [0.5, 0.6) is 5.75 Å². The molecule has 3 heteroatoms. The Morgan fingerprint density at radius 2 is 1.96 bits per heavy atom. The number of hydrogen-bond acceptors (Lipinski definition) is 2. The Morgan fingerprint density at radius 1 is 1.21 bits per heavy atom. The molecule has 2 atom stereocenters. The SMILES string of the molecule is CCCC[C@H](CC)CNC(=O)[C@@H](C)Oc1ccc2c(c1)CCCC2. The van der Waals surface area contributed by atoms with Crippen LogP contribution in [0.1, 0.15) is 70.4 Å². The lowest BCUT2D eigenvalue weighted by molar-refractivity contribution is -0.127. The monoisotopic (exact) mass is 331 g/mol. The third-order valence-electron chi connectivity index (χ3n) is 5.11. The zero-order valence-corrected chi connectivity index (χ0v) is 15.6. The molecule has 0 fully saturated rings. The number of nitrogens with one attached hydrogen (secondary N) is 1. The van der Waals surface area contributed by atoms with E-state index in [1.807, 2.05) is 13.0 Å². The first-order chi connectivity index (χ1) is 11.6. The molecule has 1 aliphatic carbocycles. The standard InChI is InChI=1S/C21H33NO2/c1-4-6-9-17(5-2)15-22-21(23)16(3)24-20-13-12-18-10-7-8-11-19(18)14-20/h12-14,16-17H,4-11,15H2,1-3H3,(H,22,23)/t16-,17+/m1/s1. The zero-order chi connectivity index (χ0) is 17.4. The van der Waals surface area contributed by atoms with Gasteiger partial charge in [0.05, 0.1) is 0 Å². The molecule has 0 spiro atoms. The molecule has 24 heavy (non-hydrogen) atoms. The Labute approximate surface area is 147 Å². The number of aryl methyl sites for hydroxylation is 2. The van der Waals surface area contributed by atoms with Crippen molar-refractivity contribution in [3.8, 4) is 5.75 Å². The summed E-state index contributed by atoms with van der Waals surface area (Å²) in [5.41, 5.74) is 2.82. The Bertz CT molecular complexity index is 527. The highest BCUT2D eigenvalue weighted by Gasteiger charge is 2.17. The zero-order valence-electron chi connectivity index (χ0n) is 15.6. The number of ether oxygens (including phenoxy) is 1. The van der Waals surface area contributed by atoms with Gasteiger partial charge < -0.3 is 10.1 Å². The van der Waals surface area contributed by atoms with Crippen LogP contribution in [0.2, 0.25) is 0 Å². The molecule has 1 amide bonds. The van der Waals surface area contributed by atoms with E-state index in [0.29, 0.717) is 5.92 Å². The fourth-order valence-corrected chi connectivity index (χ4v) is 3.37. The number of hydrogen-bond donors (Lipinski definition) is 1. The van der Waals surface area contributed by atoms with E-state index in [1.165, 1.54) is 49.7 Å². The fourth-order valence-electron chi connectivity index (χ4n) is 3.37. The van der Waals surface area contributed by atoms with Gasteiger partial charge in [-0.1, -0.05) is 39.2 Å². The highest BCUT2D eigenvalue weighted by Crippen LogP contribution is 2.25. The summed E-state index contributed by atoms with van der Waals surface area (Å²) in [6.45, 7) is 6.99. The predicted molar refractivity (Wildman–Crippen MR) is 99.5 cm³/mol. The van der Waals surface area contributed by atoms with E-state index in [4.69, 9.17) is 4.74 Å². The molecular formula is C21H33NO2. The van der Waals surface area contributed by atoms with Crippen LogP contribution < -0.4 is 10.1 Å². The number of benzene rings is 1. The second-order valence-corrected chi connectivity index (χ2v) is 7.06. The average molecular weight is 332 g/mol. The van der Waals surface area contributed by atoms with Crippen LogP contribution in [-0.4, -0.2) is 18.6 Å². The van der Waals surface area contributed by atoms with Crippen molar-refractivity contribution in [1.29, 1.82) is 0 Å². The third kappa shape index (κ3) is 5.54. The molecule has 0 saturated carbocycles. The van der Waals surface area contributed by atoms with Crippen LogP contribution in [0.15, 0.2) is 18.2 Å². The molecule has 0 heterocycles. The Kier molecular flexibility index (Phi) is 7.61. The molecular weight excluding hydrogens is 298 g/mol. The minimum Gasteiger partial charge on any atom is -0.481 e. The minimum absolute atomic E-state index is 0.0114. The molecule has 2 rings (SSSR count). The van der Waals surface area contributed by atoms with Crippen molar-refractivity contribution in [3.05, 3.63) is 29.3 Å². The molecule has 1 aromatic carbocycles. The van der Waals surface area contributed by atoms with E-state index in [1.54, 1.807) is 0 Å². The number of carbonyl (C=O) groups excluding carboxylic acids is 1. The third-order valence-corrected chi connectivity index (χ3v) is 5.11. The molecule has 1 N–H and O–H groups in total. The van der Waals surface area contributed by atoms with E-state index in [2.05, 4.69) is 31.3 Å². The lowest BCUT2D eigenvalue weighted by Crippen LogP contribution is -2.38. The van der Waals surface area contributed by atoms with Gasteiger partial charge in [-0.2, -0.15) is 0 Å². The van der Waals surface area contributed by atoms with E-state index >= 15 is 0 Å². The molecule has 3 nitrogen and oxygen atoms in total. The van der Waals surface area contributed by atoms with E-state index in [0.717, 1.165) is 25.1 Å². The van der Waals surface area contributed by atoms with Crippen LogP contribution in [-0.2, 0) is 17.6 Å². The van der Waals surface area contributed by atoms with Crippen LogP contribution in [0.3, 0.4) is 0 Å². The summed E-state index contributed by atoms with van der Waals surface area (Å²) < 4.78 is 5.88. The molecule has 0 radical (unpaired) electrons. The van der Waals surface area contributed by atoms with Gasteiger partial charge >= 0.3 is 0 Å². The maximum atomic E-state index is 12.3. The molecule has 0 unspecified atom stereocenters. The largest absolute Gasteiger partial charge is 0.481 e. The lowest BCUT2D eigenvalue weighted by atomic mass is 9.92.